The second kappa shape index (κ2) is 9.82. The van der Waals surface area contributed by atoms with Crippen LogP contribution in [0.5, 0.6) is 11.5 Å². The average Bonchev–Trinajstić information content (AvgIpc) is 3.30. The summed E-state index contributed by atoms with van der Waals surface area (Å²) in [5.41, 5.74) is 1.72. The number of ether oxygens (including phenoxy) is 2. The van der Waals surface area contributed by atoms with Gasteiger partial charge in [-0.1, -0.05) is 36.4 Å². The normalized spacial score (nSPS) is 17.9. The van der Waals surface area contributed by atoms with Crippen molar-refractivity contribution in [2.75, 3.05) is 32.8 Å². The van der Waals surface area contributed by atoms with Crippen LogP contribution in [0.25, 0.3) is 0 Å². The Hall–Kier alpha value is -2.77. The van der Waals surface area contributed by atoms with E-state index in [2.05, 4.69) is 15.5 Å². The lowest BCUT2D eigenvalue weighted by Gasteiger charge is -2.29. The Morgan fingerprint density at radius 3 is 2.53 bits per heavy atom. The molecule has 0 saturated carbocycles. The lowest BCUT2D eigenvalue weighted by atomic mass is 10.0. The van der Waals surface area contributed by atoms with Crippen LogP contribution in [-0.4, -0.2) is 54.9 Å². The number of nitrogens with zero attached hydrogens (tertiary/aromatic N) is 1. The Bertz CT molecular complexity index is 840. The molecule has 2 aliphatic rings. The molecular weight excluding hydrogens is 382 g/mol. The highest BCUT2D eigenvalue weighted by atomic mass is 16.6. The van der Waals surface area contributed by atoms with Crippen LogP contribution < -0.4 is 20.1 Å². The van der Waals surface area contributed by atoms with E-state index in [9.17, 15) is 9.90 Å². The SMILES string of the molecule is O=C(NCc1ccccc1)NC(CN1CCCC1)C(O)c1ccc2c(c1)OCCO2. The standard InChI is InChI=1S/C23H29N3O4/c27-22(18-8-9-20-21(14-18)30-13-12-29-20)19(16-26-10-4-5-11-26)25-23(28)24-15-17-6-2-1-3-7-17/h1-3,6-9,14,19,22,27H,4-5,10-13,15-16H2,(H2,24,25,28). The summed E-state index contributed by atoms with van der Waals surface area (Å²) in [6.45, 7) is 4.01. The third-order valence-electron chi connectivity index (χ3n) is 5.55. The summed E-state index contributed by atoms with van der Waals surface area (Å²) >= 11 is 0. The topological polar surface area (TPSA) is 83.1 Å². The van der Waals surface area contributed by atoms with Crippen molar-refractivity contribution in [3.63, 3.8) is 0 Å². The molecule has 2 aromatic carbocycles. The van der Waals surface area contributed by atoms with Crippen molar-refractivity contribution in [2.45, 2.75) is 31.5 Å². The van der Waals surface area contributed by atoms with Gasteiger partial charge < -0.3 is 30.1 Å². The van der Waals surface area contributed by atoms with Gasteiger partial charge in [-0.3, -0.25) is 0 Å². The number of aliphatic hydroxyl groups excluding tert-OH is 1. The molecule has 0 aromatic heterocycles. The molecule has 2 amide bonds. The number of hydrogen-bond acceptors (Lipinski definition) is 5. The number of hydrogen-bond donors (Lipinski definition) is 3. The number of fused-ring (bicyclic) bond motifs is 1. The van der Waals surface area contributed by atoms with E-state index in [1.807, 2.05) is 42.5 Å². The van der Waals surface area contributed by atoms with Gasteiger partial charge >= 0.3 is 6.03 Å². The molecule has 2 unspecified atom stereocenters. The molecule has 2 heterocycles. The molecule has 2 atom stereocenters. The minimum Gasteiger partial charge on any atom is -0.486 e. The number of aliphatic hydroxyl groups is 1. The summed E-state index contributed by atoms with van der Waals surface area (Å²) in [7, 11) is 0. The Balaban J connectivity index is 1.43. The number of benzene rings is 2. The van der Waals surface area contributed by atoms with Crippen molar-refractivity contribution in [2.24, 2.45) is 0 Å². The van der Waals surface area contributed by atoms with E-state index >= 15 is 0 Å². The van der Waals surface area contributed by atoms with Crippen LogP contribution >= 0.6 is 0 Å². The van der Waals surface area contributed by atoms with Crippen molar-refractivity contribution in [1.82, 2.24) is 15.5 Å². The van der Waals surface area contributed by atoms with Crippen molar-refractivity contribution < 1.29 is 19.4 Å². The third kappa shape index (κ3) is 5.23. The fourth-order valence-electron chi connectivity index (χ4n) is 3.94. The zero-order valence-electron chi connectivity index (χ0n) is 17.0. The van der Waals surface area contributed by atoms with Crippen molar-refractivity contribution in [3.05, 3.63) is 59.7 Å². The van der Waals surface area contributed by atoms with Crippen LogP contribution in [0.3, 0.4) is 0 Å². The summed E-state index contributed by atoms with van der Waals surface area (Å²) < 4.78 is 11.2. The zero-order valence-corrected chi connectivity index (χ0v) is 17.0. The van der Waals surface area contributed by atoms with Gasteiger partial charge in [0, 0.05) is 13.1 Å². The van der Waals surface area contributed by atoms with Crippen molar-refractivity contribution in [1.29, 1.82) is 0 Å². The summed E-state index contributed by atoms with van der Waals surface area (Å²) in [5, 5.41) is 17.0. The van der Waals surface area contributed by atoms with Crippen LogP contribution in [-0.2, 0) is 6.54 Å². The Morgan fingerprint density at radius 1 is 1.03 bits per heavy atom. The van der Waals surface area contributed by atoms with Gasteiger partial charge in [-0.25, -0.2) is 4.79 Å². The number of likely N-dealkylation sites (tertiary alicyclic amines) is 1. The maximum atomic E-state index is 12.6. The van der Waals surface area contributed by atoms with Gasteiger partial charge in [-0.2, -0.15) is 0 Å². The number of amides is 2. The van der Waals surface area contributed by atoms with Gasteiger partial charge in [0.2, 0.25) is 0 Å². The van der Waals surface area contributed by atoms with E-state index in [4.69, 9.17) is 9.47 Å². The molecule has 4 rings (SSSR count). The highest BCUT2D eigenvalue weighted by molar-refractivity contribution is 5.74. The maximum absolute atomic E-state index is 12.6. The molecule has 0 aliphatic carbocycles. The van der Waals surface area contributed by atoms with E-state index in [0.29, 0.717) is 43.4 Å². The molecule has 7 nitrogen and oxygen atoms in total. The Kier molecular flexibility index (Phi) is 6.71. The predicted molar refractivity (Wildman–Crippen MR) is 114 cm³/mol. The number of carbonyl (C=O) groups excluding carboxylic acids is 1. The van der Waals surface area contributed by atoms with Gasteiger partial charge in [0.05, 0.1) is 6.04 Å². The van der Waals surface area contributed by atoms with Gasteiger partial charge in [0.15, 0.2) is 11.5 Å². The van der Waals surface area contributed by atoms with Crippen LogP contribution in [0.15, 0.2) is 48.5 Å². The number of rotatable bonds is 7. The average molecular weight is 412 g/mol. The molecule has 3 N–H and O–H groups in total. The van der Waals surface area contributed by atoms with Crippen molar-refractivity contribution >= 4 is 6.03 Å². The second-order valence-electron chi connectivity index (χ2n) is 7.77. The van der Waals surface area contributed by atoms with Crippen LogP contribution in [0.4, 0.5) is 4.79 Å². The zero-order chi connectivity index (χ0) is 20.8. The Labute approximate surface area is 177 Å². The first-order valence-corrected chi connectivity index (χ1v) is 10.6. The van der Waals surface area contributed by atoms with Gasteiger partial charge in [0.1, 0.15) is 19.3 Å². The molecule has 1 saturated heterocycles. The smallest absolute Gasteiger partial charge is 0.315 e. The number of nitrogens with one attached hydrogen (secondary N) is 2. The largest absolute Gasteiger partial charge is 0.486 e. The minimum atomic E-state index is -0.857. The lowest BCUT2D eigenvalue weighted by molar-refractivity contribution is 0.108. The fourth-order valence-corrected chi connectivity index (χ4v) is 3.94. The van der Waals surface area contributed by atoms with E-state index in [-0.39, 0.29) is 6.03 Å². The molecule has 2 aliphatic heterocycles. The molecule has 30 heavy (non-hydrogen) atoms. The first kappa shape index (κ1) is 20.5. The van der Waals surface area contributed by atoms with Crippen LogP contribution in [0.2, 0.25) is 0 Å². The molecule has 0 radical (unpaired) electrons. The monoisotopic (exact) mass is 411 g/mol. The van der Waals surface area contributed by atoms with Gasteiger partial charge in [-0.15, -0.1) is 0 Å². The summed E-state index contributed by atoms with van der Waals surface area (Å²) in [6, 6.07) is 14.5. The first-order valence-electron chi connectivity index (χ1n) is 10.6. The highest BCUT2D eigenvalue weighted by Crippen LogP contribution is 2.33. The Morgan fingerprint density at radius 2 is 1.77 bits per heavy atom. The lowest BCUT2D eigenvalue weighted by Crippen LogP contribution is -2.49. The molecular formula is C23H29N3O4. The van der Waals surface area contributed by atoms with Gasteiger partial charge in [0.25, 0.3) is 0 Å². The fraction of sp³-hybridized carbons (Fsp3) is 0.435. The molecule has 160 valence electrons. The van der Waals surface area contributed by atoms with Crippen molar-refractivity contribution in [3.8, 4) is 11.5 Å². The molecule has 1 fully saturated rings. The predicted octanol–water partition coefficient (Wildman–Crippen LogP) is 2.46. The second-order valence-corrected chi connectivity index (χ2v) is 7.77. The van der Waals surface area contributed by atoms with E-state index in [1.54, 1.807) is 6.07 Å². The van der Waals surface area contributed by atoms with E-state index in [1.165, 1.54) is 0 Å². The van der Waals surface area contributed by atoms with E-state index < -0.39 is 12.1 Å². The summed E-state index contributed by atoms with van der Waals surface area (Å²) in [5.74, 6) is 1.31. The summed E-state index contributed by atoms with van der Waals surface area (Å²) in [6.07, 6.45) is 1.43. The quantitative estimate of drug-likeness (QED) is 0.652. The maximum Gasteiger partial charge on any atom is 0.315 e. The molecule has 0 spiro atoms. The van der Waals surface area contributed by atoms with Gasteiger partial charge in [-0.05, 0) is 49.2 Å². The molecule has 2 aromatic rings. The third-order valence-corrected chi connectivity index (χ3v) is 5.55. The van der Waals surface area contributed by atoms with Crippen LogP contribution in [0, 0.1) is 0 Å². The molecule has 0 bridgehead atoms. The first-order chi connectivity index (χ1) is 14.7. The number of urea groups is 1. The van der Waals surface area contributed by atoms with Crippen LogP contribution in [0.1, 0.15) is 30.1 Å². The van der Waals surface area contributed by atoms with E-state index in [0.717, 1.165) is 31.5 Å². The summed E-state index contributed by atoms with van der Waals surface area (Å²) in [4.78, 5) is 14.9. The minimum absolute atomic E-state index is 0.292. The highest BCUT2D eigenvalue weighted by Gasteiger charge is 2.27. The molecule has 7 heteroatoms. The number of carbonyl (C=O) groups is 1.